The van der Waals surface area contributed by atoms with Crippen LogP contribution in [0.2, 0.25) is 36.3 Å². The maximum absolute atomic E-state index is 11.5. The number of aliphatic hydroxyl groups excluding tert-OH is 1. The summed E-state index contributed by atoms with van der Waals surface area (Å²) in [6, 6.07) is 17.5. The molecule has 42 heavy (non-hydrogen) atoms. The zero-order chi connectivity index (χ0) is 31.0. The SMILES string of the molecule is CC[Si](CC)(CC)O[C@@H](CCc1ccccc1)CC[C@@H]1[C@@H](CC=CCCCC(=O)O)[C@@H](O[Si](CC)(CC)CC)C[C@H]1O. The van der Waals surface area contributed by atoms with Crippen molar-refractivity contribution in [1.82, 2.24) is 0 Å². The minimum absolute atomic E-state index is 0.0965. The van der Waals surface area contributed by atoms with Crippen molar-refractivity contribution >= 4 is 22.6 Å². The van der Waals surface area contributed by atoms with Crippen LogP contribution >= 0.6 is 0 Å². The molecule has 2 N–H and O–H groups in total. The number of hydrogen-bond acceptors (Lipinski definition) is 4. The van der Waals surface area contributed by atoms with Gasteiger partial charge in [-0.15, -0.1) is 0 Å². The van der Waals surface area contributed by atoms with Crippen molar-refractivity contribution in [3.63, 3.8) is 0 Å². The van der Waals surface area contributed by atoms with Crippen LogP contribution in [0, 0.1) is 11.8 Å². The lowest BCUT2D eigenvalue weighted by molar-refractivity contribution is -0.137. The van der Waals surface area contributed by atoms with Gasteiger partial charge in [0.25, 0.3) is 0 Å². The lowest BCUT2D eigenvalue weighted by atomic mass is 9.85. The highest BCUT2D eigenvalue weighted by Gasteiger charge is 2.45. The standard InChI is InChI=1S/C35H62O5Si2/c1-7-41(8-2,9-3)39-30(25-24-29-20-16-15-17-21-29)26-27-31-32(22-18-13-14-19-23-35(37)38)34(28-33(31)36)40-42(10-4,11-5)12-6/h13,15-18,20-21,30-34,36H,7-12,14,19,22-28H2,1-6H3,(H,37,38)/t30-,31+,32+,33+,34-/m0/s1. The number of hydrogen-bond donors (Lipinski definition) is 2. The summed E-state index contributed by atoms with van der Waals surface area (Å²) in [4.78, 5) is 10.9. The summed E-state index contributed by atoms with van der Waals surface area (Å²) >= 11 is 0. The third kappa shape index (κ3) is 11.3. The average molecular weight is 619 g/mol. The minimum Gasteiger partial charge on any atom is -0.481 e. The van der Waals surface area contributed by atoms with Gasteiger partial charge in [-0.25, -0.2) is 0 Å². The van der Waals surface area contributed by atoms with Gasteiger partial charge >= 0.3 is 5.97 Å². The molecule has 1 aromatic carbocycles. The second-order valence-electron chi connectivity index (χ2n) is 12.6. The number of rotatable bonds is 22. The molecule has 5 nitrogen and oxygen atoms in total. The van der Waals surface area contributed by atoms with Crippen molar-refractivity contribution in [2.24, 2.45) is 11.8 Å². The first kappa shape index (κ1) is 36.9. The molecule has 1 aliphatic rings. The molecule has 7 heteroatoms. The van der Waals surface area contributed by atoms with Crippen molar-refractivity contribution in [2.45, 2.75) is 154 Å². The maximum Gasteiger partial charge on any atom is 0.303 e. The molecular formula is C35H62O5Si2. The molecule has 0 aliphatic heterocycles. The molecule has 0 aromatic heterocycles. The Labute approximate surface area is 259 Å². The molecule has 5 atom stereocenters. The number of benzene rings is 1. The first-order valence-corrected chi connectivity index (χ1v) is 22.2. The predicted molar refractivity (Wildman–Crippen MR) is 181 cm³/mol. The molecule has 0 heterocycles. The van der Waals surface area contributed by atoms with E-state index in [0.29, 0.717) is 6.42 Å². The van der Waals surface area contributed by atoms with Crippen LogP contribution in [0.1, 0.15) is 98.5 Å². The van der Waals surface area contributed by atoms with Crippen molar-refractivity contribution in [1.29, 1.82) is 0 Å². The quantitative estimate of drug-likeness (QED) is 0.0769. The topological polar surface area (TPSA) is 76.0 Å². The number of allylic oxidation sites excluding steroid dienone is 2. The Hall–Kier alpha value is -1.26. The van der Waals surface area contributed by atoms with E-state index in [1.54, 1.807) is 0 Å². The summed E-state index contributed by atoms with van der Waals surface area (Å²) in [6.45, 7) is 13.7. The Kier molecular flexibility index (Phi) is 16.9. The Morgan fingerprint density at radius 3 is 2.10 bits per heavy atom. The third-order valence-corrected chi connectivity index (χ3v) is 19.8. The summed E-state index contributed by atoms with van der Waals surface area (Å²) in [6.07, 6.45) is 11.6. The molecule has 1 aliphatic carbocycles. The highest BCUT2D eigenvalue weighted by Crippen LogP contribution is 2.43. The molecule has 0 spiro atoms. The van der Waals surface area contributed by atoms with E-state index in [2.05, 4.69) is 84.0 Å². The van der Waals surface area contributed by atoms with E-state index < -0.39 is 22.6 Å². The normalized spacial score (nSPS) is 22.2. The third-order valence-electron chi connectivity index (χ3n) is 10.4. The number of carboxylic acids is 1. The number of aliphatic carboxylic acids is 1. The lowest BCUT2D eigenvalue weighted by Crippen LogP contribution is -2.42. The molecular weight excluding hydrogens is 557 g/mol. The van der Waals surface area contributed by atoms with E-state index in [1.165, 1.54) is 5.56 Å². The van der Waals surface area contributed by atoms with Crippen molar-refractivity contribution in [2.75, 3.05) is 0 Å². The van der Waals surface area contributed by atoms with Crippen LogP contribution in [0.25, 0.3) is 0 Å². The predicted octanol–water partition coefficient (Wildman–Crippen LogP) is 9.38. The van der Waals surface area contributed by atoms with Gasteiger partial charge in [0.05, 0.1) is 12.2 Å². The highest BCUT2D eigenvalue weighted by atomic mass is 28.4. The molecule has 0 radical (unpaired) electrons. The molecule has 1 saturated carbocycles. The number of carbonyl (C=O) groups is 1. The largest absolute Gasteiger partial charge is 0.481 e. The van der Waals surface area contributed by atoms with Crippen LogP contribution < -0.4 is 0 Å². The second-order valence-corrected chi connectivity index (χ2v) is 22.1. The van der Waals surface area contributed by atoms with Gasteiger partial charge in [0.2, 0.25) is 0 Å². The van der Waals surface area contributed by atoms with Crippen molar-refractivity contribution in [3.8, 4) is 0 Å². The lowest BCUT2D eigenvalue weighted by Gasteiger charge is -2.36. The van der Waals surface area contributed by atoms with Crippen LogP contribution in [0.3, 0.4) is 0 Å². The summed E-state index contributed by atoms with van der Waals surface area (Å²) < 4.78 is 14.2. The molecule has 0 unspecified atom stereocenters. The summed E-state index contributed by atoms with van der Waals surface area (Å²) in [5, 5.41) is 20.4. The van der Waals surface area contributed by atoms with E-state index in [-0.39, 0.29) is 36.6 Å². The first-order chi connectivity index (χ1) is 20.2. The fraction of sp³-hybridized carbons (Fsp3) is 0.743. The number of unbranched alkanes of at least 4 members (excludes halogenated alkanes) is 1. The fourth-order valence-electron chi connectivity index (χ4n) is 7.05. The van der Waals surface area contributed by atoms with E-state index in [4.69, 9.17) is 14.0 Å². The molecule has 0 bridgehead atoms. The summed E-state index contributed by atoms with van der Waals surface area (Å²) in [5.41, 5.74) is 1.36. The van der Waals surface area contributed by atoms with Crippen LogP contribution in [0.4, 0.5) is 0 Å². The first-order valence-electron chi connectivity index (χ1n) is 17.1. The molecule has 1 aromatic rings. The van der Waals surface area contributed by atoms with Gasteiger partial charge in [0, 0.05) is 12.5 Å². The van der Waals surface area contributed by atoms with Crippen LogP contribution in [0.5, 0.6) is 0 Å². The fourth-order valence-corrected chi connectivity index (χ4v) is 12.9. The maximum atomic E-state index is 11.5. The Morgan fingerprint density at radius 1 is 0.905 bits per heavy atom. The Morgan fingerprint density at radius 2 is 1.52 bits per heavy atom. The van der Waals surface area contributed by atoms with Gasteiger partial charge in [0.15, 0.2) is 16.6 Å². The summed E-state index contributed by atoms with van der Waals surface area (Å²) in [5.74, 6) is -0.256. The molecule has 2 rings (SSSR count). The number of carboxylic acid groups (broad SMARTS) is 1. The smallest absolute Gasteiger partial charge is 0.303 e. The monoisotopic (exact) mass is 618 g/mol. The molecule has 0 saturated heterocycles. The molecule has 240 valence electrons. The second kappa shape index (κ2) is 19.2. The zero-order valence-corrected chi connectivity index (χ0v) is 29.7. The summed E-state index contributed by atoms with van der Waals surface area (Å²) in [7, 11) is -3.58. The van der Waals surface area contributed by atoms with Crippen molar-refractivity contribution in [3.05, 3.63) is 48.0 Å². The zero-order valence-electron chi connectivity index (χ0n) is 27.7. The molecule has 0 amide bonds. The van der Waals surface area contributed by atoms with E-state index >= 15 is 0 Å². The van der Waals surface area contributed by atoms with E-state index in [1.807, 2.05) is 0 Å². The van der Waals surface area contributed by atoms with Gasteiger partial charge in [-0.2, -0.15) is 0 Å². The minimum atomic E-state index is -1.82. The van der Waals surface area contributed by atoms with Crippen LogP contribution in [-0.4, -0.2) is 51.1 Å². The van der Waals surface area contributed by atoms with Gasteiger partial charge < -0.3 is 19.1 Å². The van der Waals surface area contributed by atoms with Gasteiger partial charge in [0.1, 0.15) is 0 Å². The van der Waals surface area contributed by atoms with Gasteiger partial charge in [-0.3, -0.25) is 4.79 Å². The van der Waals surface area contributed by atoms with Gasteiger partial charge in [-0.1, -0.05) is 84.0 Å². The number of aliphatic hydroxyl groups is 1. The van der Waals surface area contributed by atoms with Crippen molar-refractivity contribution < 1.29 is 23.9 Å². The van der Waals surface area contributed by atoms with E-state index in [0.717, 1.165) is 81.2 Å². The van der Waals surface area contributed by atoms with Crippen LogP contribution in [-0.2, 0) is 20.1 Å². The van der Waals surface area contributed by atoms with Crippen LogP contribution in [0.15, 0.2) is 42.5 Å². The Bertz CT molecular complexity index is 883. The molecule has 1 fully saturated rings. The van der Waals surface area contributed by atoms with Gasteiger partial charge in [-0.05, 0) is 105 Å². The highest BCUT2D eigenvalue weighted by molar-refractivity contribution is 6.74. The Balaban J connectivity index is 2.21. The van der Waals surface area contributed by atoms with E-state index in [9.17, 15) is 9.90 Å². The average Bonchev–Trinajstić information content (AvgIpc) is 3.30. The number of aryl methyl sites for hydroxylation is 1.